The Kier molecular flexibility index (Phi) is 9.80. The number of nitrogens with two attached hydrogens (primary N) is 1. The first kappa shape index (κ1) is 21.3. The summed E-state index contributed by atoms with van der Waals surface area (Å²) in [5.74, 6) is -0.135. The zero-order valence-corrected chi connectivity index (χ0v) is 14.7. The van der Waals surface area contributed by atoms with E-state index in [1.807, 2.05) is 0 Å². The van der Waals surface area contributed by atoms with Crippen molar-refractivity contribution in [3.63, 3.8) is 0 Å². The van der Waals surface area contributed by atoms with Gasteiger partial charge in [-0.25, -0.2) is 0 Å². The Labute approximate surface area is 146 Å². The first-order valence-corrected chi connectivity index (χ1v) is 7.36. The second-order valence-electron chi connectivity index (χ2n) is 4.91. The molecule has 0 heterocycles. The lowest BCUT2D eigenvalue weighted by atomic mass is 10.0. The van der Waals surface area contributed by atoms with Gasteiger partial charge in [0.2, 0.25) is 5.91 Å². The second-order valence-corrected chi connectivity index (χ2v) is 5.69. The molecule has 22 heavy (non-hydrogen) atoms. The number of aliphatic hydroxyl groups excluding tert-OH is 1. The number of carbonyl (C=O) groups excluding carboxylic acids is 1. The van der Waals surface area contributed by atoms with E-state index in [0.717, 1.165) is 0 Å². The number of nitrogens with one attached hydrogen (secondary N) is 1. The topological polar surface area (TPSA) is 84.6 Å². The van der Waals surface area contributed by atoms with Gasteiger partial charge in [-0.1, -0.05) is 36.2 Å². The van der Waals surface area contributed by atoms with Crippen LogP contribution in [0.4, 0.5) is 0 Å². The van der Waals surface area contributed by atoms with E-state index in [0.29, 0.717) is 15.8 Å². The number of carbonyl (C=O) groups is 1. The van der Waals surface area contributed by atoms with Gasteiger partial charge in [-0.3, -0.25) is 4.79 Å². The van der Waals surface area contributed by atoms with Gasteiger partial charge in [-0.15, -0.1) is 12.4 Å². The normalized spacial score (nSPS) is 14.5. The first-order valence-electron chi connectivity index (χ1n) is 6.61. The number of amides is 1. The van der Waals surface area contributed by atoms with Crippen molar-refractivity contribution in [1.29, 1.82) is 0 Å². The number of halogens is 3. The molecule has 0 aliphatic carbocycles. The molecule has 3 unspecified atom stereocenters. The molecule has 0 bridgehead atoms. The van der Waals surface area contributed by atoms with Crippen molar-refractivity contribution in [2.45, 2.75) is 26.0 Å². The summed E-state index contributed by atoms with van der Waals surface area (Å²) in [5.41, 5.74) is 5.63. The Morgan fingerprint density at radius 1 is 1.41 bits per heavy atom. The van der Waals surface area contributed by atoms with Crippen LogP contribution in [0.25, 0.3) is 0 Å². The maximum absolute atomic E-state index is 11.7. The largest absolute Gasteiger partial charge is 0.489 e. The molecular weight excluding hydrogens is 351 g/mol. The van der Waals surface area contributed by atoms with Gasteiger partial charge in [-0.2, -0.15) is 0 Å². The number of hydrogen-bond acceptors (Lipinski definition) is 4. The fourth-order valence-corrected chi connectivity index (χ4v) is 1.80. The lowest BCUT2D eigenvalue weighted by Crippen LogP contribution is -2.42. The molecule has 4 N–H and O–H groups in total. The fraction of sp³-hybridized carbons (Fsp3) is 0.500. The van der Waals surface area contributed by atoms with E-state index in [1.54, 1.807) is 32.0 Å². The standard InChI is InChI=1S/C14H20Cl2N2O3.ClH/c1-8(9(2)17)14(20)18-6-10(19)7-21-12-5-3-4-11(15)13(12)16;/h3-5,8-10,19H,6-7,17H2,1-2H3,(H,18,20);1H. The summed E-state index contributed by atoms with van der Waals surface area (Å²) in [6, 6.07) is 4.74. The number of ether oxygens (including phenoxy) is 1. The number of rotatable bonds is 7. The Bertz CT molecular complexity index is 486. The van der Waals surface area contributed by atoms with E-state index in [2.05, 4.69) is 5.32 Å². The van der Waals surface area contributed by atoms with Crippen LogP contribution >= 0.6 is 35.6 Å². The third-order valence-electron chi connectivity index (χ3n) is 3.06. The molecule has 5 nitrogen and oxygen atoms in total. The number of aliphatic hydroxyl groups is 1. The van der Waals surface area contributed by atoms with E-state index in [9.17, 15) is 9.90 Å². The smallest absolute Gasteiger partial charge is 0.224 e. The highest BCUT2D eigenvalue weighted by Gasteiger charge is 2.18. The van der Waals surface area contributed by atoms with Gasteiger partial charge < -0.3 is 20.9 Å². The minimum Gasteiger partial charge on any atom is -0.489 e. The average Bonchev–Trinajstić information content (AvgIpc) is 2.45. The van der Waals surface area contributed by atoms with E-state index in [4.69, 9.17) is 33.7 Å². The van der Waals surface area contributed by atoms with E-state index >= 15 is 0 Å². The van der Waals surface area contributed by atoms with Crippen LogP contribution in [0.3, 0.4) is 0 Å². The zero-order valence-electron chi connectivity index (χ0n) is 12.4. The summed E-state index contributed by atoms with van der Waals surface area (Å²) in [5, 5.41) is 13.1. The molecule has 0 aliphatic heterocycles. The summed E-state index contributed by atoms with van der Waals surface area (Å²) in [6.07, 6.45) is -0.857. The third-order valence-corrected chi connectivity index (χ3v) is 3.86. The Morgan fingerprint density at radius 3 is 2.64 bits per heavy atom. The molecule has 1 amide bonds. The van der Waals surface area contributed by atoms with Gasteiger partial charge in [0.25, 0.3) is 0 Å². The van der Waals surface area contributed by atoms with Crippen LogP contribution in [-0.2, 0) is 4.79 Å². The summed E-state index contributed by atoms with van der Waals surface area (Å²) in [4.78, 5) is 11.7. The molecule has 0 spiro atoms. The van der Waals surface area contributed by atoms with E-state index in [-0.39, 0.29) is 43.4 Å². The molecule has 1 aromatic carbocycles. The van der Waals surface area contributed by atoms with Crippen LogP contribution < -0.4 is 15.8 Å². The molecule has 0 aliphatic rings. The van der Waals surface area contributed by atoms with Crippen molar-refractivity contribution < 1.29 is 14.6 Å². The lowest BCUT2D eigenvalue weighted by molar-refractivity contribution is -0.125. The van der Waals surface area contributed by atoms with Crippen molar-refractivity contribution in [2.24, 2.45) is 11.7 Å². The van der Waals surface area contributed by atoms with Crippen LogP contribution in [-0.4, -0.2) is 36.3 Å². The minimum absolute atomic E-state index is 0. The number of benzene rings is 1. The summed E-state index contributed by atoms with van der Waals surface area (Å²) in [7, 11) is 0. The Hall–Kier alpha value is -0.720. The predicted octanol–water partition coefficient (Wildman–Crippen LogP) is 2.25. The molecule has 3 atom stereocenters. The van der Waals surface area contributed by atoms with E-state index < -0.39 is 6.10 Å². The zero-order chi connectivity index (χ0) is 16.0. The van der Waals surface area contributed by atoms with Gasteiger partial charge in [0.1, 0.15) is 23.5 Å². The molecule has 0 radical (unpaired) electrons. The maximum Gasteiger partial charge on any atom is 0.224 e. The highest BCUT2D eigenvalue weighted by molar-refractivity contribution is 6.42. The first-order chi connectivity index (χ1) is 9.82. The van der Waals surface area contributed by atoms with Crippen molar-refractivity contribution >= 4 is 41.5 Å². The predicted molar refractivity (Wildman–Crippen MR) is 91.0 cm³/mol. The summed E-state index contributed by atoms with van der Waals surface area (Å²) in [6.45, 7) is 3.56. The third kappa shape index (κ3) is 6.58. The van der Waals surface area contributed by atoms with Crippen molar-refractivity contribution in [3.05, 3.63) is 28.2 Å². The van der Waals surface area contributed by atoms with Gasteiger partial charge in [0.15, 0.2) is 0 Å². The SMILES string of the molecule is CC(N)C(C)C(=O)NCC(O)COc1cccc(Cl)c1Cl.Cl. The minimum atomic E-state index is -0.857. The molecule has 126 valence electrons. The highest BCUT2D eigenvalue weighted by atomic mass is 35.5. The lowest BCUT2D eigenvalue weighted by Gasteiger charge is -2.18. The fourth-order valence-electron chi connectivity index (χ4n) is 1.46. The summed E-state index contributed by atoms with van der Waals surface area (Å²) >= 11 is 11.8. The van der Waals surface area contributed by atoms with Gasteiger partial charge in [0, 0.05) is 18.5 Å². The van der Waals surface area contributed by atoms with Crippen molar-refractivity contribution in [2.75, 3.05) is 13.2 Å². The monoisotopic (exact) mass is 370 g/mol. The Morgan fingerprint density at radius 2 is 2.05 bits per heavy atom. The molecule has 8 heteroatoms. The molecule has 1 aromatic rings. The quantitative estimate of drug-likeness (QED) is 0.686. The van der Waals surface area contributed by atoms with Crippen LogP contribution in [0.15, 0.2) is 18.2 Å². The molecule has 1 rings (SSSR count). The van der Waals surface area contributed by atoms with Crippen molar-refractivity contribution in [3.8, 4) is 5.75 Å². The van der Waals surface area contributed by atoms with Crippen LogP contribution in [0, 0.1) is 5.92 Å². The van der Waals surface area contributed by atoms with Gasteiger partial charge in [0.05, 0.1) is 5.02 Å². The molecule has 0 aromatic heterocycles. The van der Waals surface area contributed by atoms with Crippen LogP contribution in [0.2, 0.25) is 10.0 Å². The Balaban J connectivity index is 0.00000441. The van der Waals surface area contributed by atoms with Crippen LogP contribution in [0.5, 0.6) is 5.75 Å². The second kappa shape index (κ2) is 10.1. The summed E-state index contributed by atoms with van der Waals surface area (Å²) < 4.78 is 5.38. The van der Waals surface area contributed by atoms with Gasteiger partial charge >= 0.3 is 0 Å². The number of hydrogen-bond donors (Lipinski definition) is 3. The molecule has 0 saturated heterocycles. The maximum atomic E-state index is 11.7. The van der Waals surface area contributed by atoms with Gasteiger partial charge in [-0.05, 0) is 19.1 Å². The highest BCUT2D eigenvalue weighted by Crippen LogP contribution is 2.31. The molecule has 0 saturated carbocycles. The van der Waals surface area contributed by atoms with E-state index in [1.165, 1.54) is 0 Å². The average molecular weight is 372 g/mol. The van der Waals surface area contributed by atoms with Crippen molar-refractivity contribution in [1.82, 2.24) is 5.32 Å². The van der Waals surface area contributed by atoms with Crippen LogP contribution in [0.1, 0.15) is 13.8 Å². The molecule has 0 fully saturated rings. The molecular formula is C14H21Cl3N2O3.